The molecule has 5 heteroatoms. The highest BCUT2D eigenvalue weighted by Gasteiger charge is 2.07. The van der Waals surface area contributed by atoms with Crippen LogP contribution in [0.5, 0.6) is 0 Å². The van der Waals surface area contributed by atoms with Crippen LogP contribution < -0.4 is 5.73 Å². The fourth-order valence-electron chi connectivity index (χ4n) is 1.53. The van der Waals surface area contributed by atoms with Gasteiger partial charge in [0.25, 0.3) is 0 Å². The molecule has 15 heavy (non-hydrogen) atoms. The average molecular weight is 242 g/mol. The van der Waals surface area contributed by atoms with E-state index < -0.39 is 0 Å². The van der Waals surface area contributed by atoms with Crippen molar-refractivity contribution in [2.45, 2.75) is 6.54 Å². The van der Waals surface area contributed by atoms with Crippen molar-refractivity contribution in [2.75, 3.05) is 17.7 Å². The molecular formula is C10H12ClN3S. The number of imidazole rings is 1. The molecule has 0 spiro atoms. The van der Waals surface area contributed by atoms with Crippen molar-refractivity contribution in [1.82, 2.24) is 9.55 Å². The number of hydrogen-bond donors (Lipinski definition) is 1. The molecule has 0 radical (unpaired) electrons. The van der Waals surface area contributed by atoms with Crippen molar-refractivity contribution in [3.8, 4) is 0 Å². The maximum Gasteiger partial charge on any atom is 0.201 e. The summed E-state index contributed by atoms with van der Waals surface area (Å²) in [6.07, 6.45) is 2.07. The first-order valence-electron chi connectivity index (χ1n) is 4.62. The molecule has 2 N–H and O–H groups in total. The van der Waals surface area contributed by atoms with Gasteiger partial charge in [0, 0.05) is 17.3 Å². The molecular weight excluding hydrogens is 230 g/mol. The Kier molecular flexibility index (Phi) is 3.07. The molecule has 0 fully saturated rings. The van der Waals surface area contributed by atoms with Crippen molar-refractivity contribution in [3.05, 3.63) is 23.2 Å². The van der Waals surface area contributed by atoms with E-state index in [4.69, 9.17) is 17.3 Å². The number of nitrogens with two attached hydrogens (primary N) is 1. The average Bonchev–Trinajstić information content (AvgIpc) is 2.51. The van der Waals surface area contributed by atoms with E-state index in [-0.39, 0.29) is 0 Å². The third-order valence-corrected chi connectivity index (χ3v) is 3.08. The van der Waals surface area contributed by atoms with Gasteiger partial charge in [0.15, 0.2) is 0 Å². The maximum absolute atomic E-state index is 5.95. The Labute approximate surface area is 97.6 Å². The number of anilines is 1. The monoisotopic (exact) mass is 241 g/mol. The summed E-state index contributed by atoms with van der Waals surface area (Å²) in [6.45, 7) is 0.865. The molecule has 0 aliphatic rings. The van der Waals surface area contributed by atoms with Crippen LogP contribution in [0.25, 0.3) is 11.0 Å². The van der Waals surface area contributed by atoms with Gasteiger partial charge >= 0.3 is 0 Å². The lowest BCUT2D eigenvalue weighted by Gasteiger charge is -2.04. The molecule has 1 aromatic heterocycles. The van der Waals surface area contributed by atoms with E-state index in [1.165, 1.54) is 0 Å². The second kappa shape index (κ2) is 4.33. The largest absolute Gasteiger partial charge is 0.369 e. The minimum atomic E-state index is 0.557. The van der Waals surface area contributed by atoms with E-state index in [1.807, 2.05) is 22.8 Å². The Hall–Kier alpha value is -0.870. The molecule has 0 atom stereocenters. The molecule has 0 aliphatic heterocycles. The van der Waals surface area contributed by atoms with Crippen LogP contribution in [-0.2, 0) is 6.54 Å². The van der Waals surface area contributed by atoms with Gasteiger partial charge in [-0.1, -0.05) is 11.6 Å². The maximum atomic E-state index is 5.95. The van der Waals surface area contributed by atoms with Crippen LogP contribution >= 0.6 is 23.4 Å². The van der Waals surface area contributed by atoms with E-state index in [9.17, 15) is 0 Å². The van der Waals surface area contributed by atoms with Gasteiger partial charge in [0.1, 0.15) is 0 Å². The standard InChI is InChI=1S/C10H12ClN3S/c1-15-5-4-14-9-6-7(11)2-3-8(9)13-10(14)12/h2-3,6H,4-5H2,1H3,(H2,12,13). The van der Waals surface area contributed by atoms with Crippen molar-refractivity contribution in [2.24, 2.45) is 0 Å². The van der Waals surface area contributed by atoms with Crippen molar-refractivity contribution in [3.63, 3.8) is 0 Å². The van der Waals surface area contributed by atoms with Crippen LogP contribution in [0, 0.1) is 0 Å². The van der Waals surface area contributed by atoms with Crippen LogP contribution in [0.2, 0.25) is 5.02 Å². The summed E-state index contributed by atoms with van der Waals surface area (Å²) < 4.78 is 2.00. The highest BCUT2D eigenvalue weighted by atomic mass is 35.5. The molecule has 0 amide bonds. The summed E-state index contributed by atoms with van der Waals surface area (Å²) in [5.74, 6) is 1.57. The van der Waals surface area contributed by atoms with Crippen LogP contribution in [-0.4, -0.2) is 21.6 Å². The number of aryl methyl sites for hydroxylation is 1. The lowest BCUT2D eigenvalue weighted by atomic mass is 10.3. The lowest BCUT2D eigenvalue weighted by molar-refractivity contribution is 0.810. The van der Waals surface area contributed by atoms with Crippen LogP contribution in [0.15, 0.2) is 18.2 Å². The number of hydrogen-bond acceptors (Lipinski definition) is 3. The van der Waals surface area contributed by atoms with E-state index in [0.29, 0.717) is 11.0 Å². The van der Waals surface area contributed by atoms with Crippen LogP contribution in [0.3, 0.4) is 0 Å². The molecule has 0 aliphatic carbocycles. The first kappa shape index (κ1) is 10.6. The van der Waals surface area contributed by atoms with Crippen molar-refractivity contribution < 1.29 is 0 Å². The predicted molar refractivity (Wildman–Crippen MR) is 67.5 cm³/mol. The highest BCUT2D eigenvalue weighted by molar-refractivity contribution is 7.98. The quantitative estimate of drug-likeness (QED) is 0.899. The fraction of sp³-hybridized carbons (Fsp3) is 0.300. The van der Waals surface area contributed by atoms with Gasteiger partial charge in [0.2, 0.25) is 5.95 Å². The van der Waals surface area contributed by atoms with Crippen molar-refractivity contribution in [1.29, 1.82) is 0 Å². The molecule has 1 heterocycles. The molecule has 0 bridgehead atoms. The van der Waals surface area contributed by atoms with Gasteiger partial charge < -0.3 is 10.3 Å². The summed E-state index contributed by atoms with van der Waals surface area (Å²) in [6, 6.07) is 5.62. The number of aromatic nitrogens is 2. The van der Waals surface area contributed by atoms with E-state index in [1.54, 1.807) is 11.8 Å². The van der Waals surface area contributed by atoms with Crippen LogP contribution in [0.1, 0.15) is 0 Å². The van der Waals surface area contributed by atoms with Crippen molar-refractivity contribution >= 4 is 40.3 Å². The Bertz CT molecular complexity index is 481. The zero-order valence-corrected chi connectivity index (χ0v) is 9.98. The molecule has 0 saturated heterocycles. The zero-order valence-electron chi connectivity index (χ0n) is 8.40. The number of thioether (sulfide) groups is 1. The zero-order chi connectivity index (χ0) is 10.8. The molecule has 3 nitrogen and oxygen atoms in total. The number of halogens is 1. The third-order valence-electron chi connectivity index (χ3n) is 2.26. The topological polar surface area (TPSA) is 43.8 Å². The number of fused-ring (bicyclic) bond motifs is 1. The van der Waals surface area contributed by atoms with Gasteiger partial charge in [-0.25, -0.2) is 4.98 Å². The summed E-state index contributed by atoms with van der Waals surface area (Å²) >= 11 is 7.73. The Morgan fingerprint density at radius 2 is 2.33 bits per heavy atom. The van der Waals surface area contributed by atoms with Gasteiger partial charge in [0.05, 0.1) is 11.0 Å². The van der Waals surface area contributed by atoms with Gasteiger partial charge in [-0.05, 0) is 24.5 Å². The predicted octanol–water partition coefficient (Wildman–Crippen LogP) is 2.63. The smallest absolute Gasteiger partial charge is 0.201 e. The summed E-state index contributed by atoms with van der Waals surface area (Å²) in [5.41, 5.74) is 7.75. The molecule has 0 unspecified atom stereocenters. The fourth-order valence-corrected chi connectivity index (χ4v) is 2.06. The minimum Gasteiger partial charge on any atom is -0.369 e. The van der Waals surface area contributed by atoms with Gasteiger partial charge in [-0.15, -0.1) is 0 Å². The van der Waals surface area contributed by atoms with Gasteiger partial charge in [-0.2, -0.15) is 11.8 Å². The second-order valence-corrected chi connectivity index (χ2v) is 4.67. The number of nitrogen functional groups attached to an aromatic ring is 1. The van der Waals surface area contributed by atoms with E-state index in [0.717, 1.165) is 23.3 Å². The molecule has 2 rings (SSSR count). The summed E-state index contributed by atoms with van der Waals surface area (Å²) in [7, 11) is 0. The Balaban J connectivity index is 2.50. The van der Waals surface area contributed by atoms with E-state index in [2.05, 4.69) is 11.2 Å². The summed E-state index contributed by atoms with van der Waals surface area (Å²) in [4.78, 5) is 4.28. The molecule has 80 valence electrons. The minimum absolute atomic E-state index is 0.557. The Morgan fingerprint density at radius 3 is 3.07 bits per heavy atom. The molecule has 2 aromatic rings. The van der Waals surface area contributed by atoms with Crippen LogP contribution in [0.4, 0.5) is 5.95 Å². The first-order chi connectivity index (χ1) is 7.22. The normalized spacial score (nSPS) is 11.1. The lowest BCUT2D eigenvalue weighted by Crippen LogP contribution is -2.04. The molecule has 1 aromatic carbocycles. The third kappa shape index (κ3) is 2.06. The number of benzene rings is 1. The second-order valence-electron chi connectivity index (χ2n) is 3.25. The SMILES string of the molecule is CSCCn1c(N)nc2ccc(Cl)cc21. The number of rotatable bonds is 3. The van der Waals surface area contributed by atoms with Gasteiger partial charge in [-0.3, -0.25) is 0 Å². The van der Waals surface area contributed by atoms with E-state index >= 15 is 0 Å². The first-order valence-corrected chi connectivity index (χ1v) is 6.40. The summed E-state index contributed by atoms with van der Waals surface area (Å²) in [5, 5.41) is 0.716. The molecule has 0 saturated carbocycles. The Morgan fingerprint density at radius 1 is 1.53 bits per heavy atom. The highest BCUT2D eigenvalue weighted by Crippen LogP contribution is 2.21. The number of nitrogens with zero attached hydrogens (tertiary/aromatic N) is 2.